The highest BCUT2D eigenvalue weighted by Crippen LogP contribution is 2.42. The lowest BCUT2D eigenvalue weighted by molar-refractivity contribution is -0.144. The van der Waals surface area contributed by atoms with Crippen LogP contribution in [0, 0.1) is 17.2 Å². The molecule has 0 aromatic heterocycles. The molecular formula is C30H36ClFN2O5. The summed E-state index contributed by atoms with van der Waals surface area (Å²) in [6.07, 6.45) is 3.30. The van der Waals surface area contributed by atoms with Gasteiger partial charge in [0.1, 0.15) is 22.9 Å². The van der Waals surface area contributed by atoms with Crippen molar-refractivity contribution < 1.29 is 28.2 Å². The number of carbonyl (C=O) groups excluding carboxylic acids is 2. The number of nitrogens with zero attached hydrogens (tertiary/aromatic N) is 2. The first kappa shape index (κ1) is 27.7. The SMILES string of the molecule is COC(=O)[C@H]1CCN(C(=O)c2ccc(F)cc2OCC(C)(C)CN2CCC3(CC2)Cc2cc(Cl)ccc2O3)C1. The van der Waals surface area contributed by atoms with Gasteiger partial charge in [-0.2, -0.15) is 0 Å². The van der Waals surface area contributed by atoms with Crippen molar-refractivity contribution >= 4 is 23.5 Å². The molecule has 3 aliphatic rings. The molecule has 2 aromatic carbocycles. The minimum Gasteiger partial charge on any atom is -0.492 e. The van der Waals surface area contributed by atoms with Crippen molar-refractivity contribution in [2.75, 3.05) is 46.4 Å². The Hall–Kier alpha value is -2.84. The second-order valence-corrected chi connectivity index (χ2v) is 12.3. The summed E-state index contributed by atoms with van der Waals surface area (Å²) >= 11 is 6.18. The summed E-state index contributed by atoms with van der Waals surface area (Å²) in [6.45, 7) is 7.89. The minimum absolute atomic E-state index is 0.163. The van der Waals surface area contributed by atoms with Crippen LogP contribution in [0.15, 0.2) is 36.4 Å². The lowest BCUT2D eigenvalue weighted by Crippen LogP contribution is -2.50. The smallest absolute Gasteiger partial charge is 0.310 e. The molecule has 2 aromatic rings. The maximum Gasteiger partial charge on any atom is 0.310 e. The average Bonchev–Trinajstić information content (AvgIpc) is 3.53. The molecule has 1 atom stereocenters. The van der Waals surface area contributed by atoms with Gasteiger partial charge in [0.15, 0.2) is 0 Å². The number of ether oxygens (including phenoxy) is 3. The molecule has 210 valence electrons. The first-order valence-corrected chi connectivity index (χ1v) is 13.9. The fourth-order valence-electron chi connectivity index (χ4n) is 5.99. The molecule has 3 aliphatic heterocycles. The van der Waals surface area contributed by atoms with Crippen molar-refractivity contribution in [3.8, 4) is 11.5 Å². The molecule has 1 spiro atoms. The lowest BCUT2D eigenvalue weighted by atomic mass is 9.85. The van der Waals surface area contributed by atoms with E-state index in [0.29, 0.717) is 25.1 Å². The molecule has 2 fully saturated rings. The molecule has 9 heteroatoms. The van der Waals surface area contributed by atoms with Gasteiger partial charge in [-0.25, -0.2) is 4.39 Å². The molecule has 0 bridgehead atoms. The number of amides is 1. The highest BCUT2D eigenvalue weighted by Gasteiger charge is 2.42. The number of carbonyl (C=O) groups is 2. The van der Waals surface area contributed by atoms with Gasteiger partial charge in [-0.1, -0.05) is 25.4 Å². The Balaban J connectivity index is 1.17. The Bertz CT molecular complexity index is 1240. The topological polar surface area (TPSA) is 68.3 Å². The molecule has 7 nitrogen and oxygen atoms in total. The molecule has 0 saturated carbocycles. The number of hydrogen-bond acceptors (Lipinski definition) is 6. The summed E-state index contributed by atoms with van der Waals surface area (Å²) in [5, 5.41) is 0.738. The zero-order valence-corrected chi connectivity index (χ0v) is 23.6. The fourth-order valence-corrected chi connectivity index (χ4v) is 6.18. The second-order valence-electron chi connectivity index (χ2n) is 11.8. The van der Waals surface area contributed by atoms with Crippen LogP contribution in [0.1, 0.15) is 49.0 Å². The van der Waals surface area contributed by atoms with Crippen molar-refractivity contribution in [1.29, 1.82) is 0 Å². The number of benzene rings is 2. The fraction of sp³-hybridized carbons (Fsp3) is 0.533. The number of fused-ring (bicyclic) bond motifs is 1. The zero-order valence-electron chi connectivity index (χ0n) is 22.8. The Morgan fingerprint density at radius 1 is 1.15 bits per heavy atom. The number of hydrogen-bond donors (Lipinski definition) is 0. The van der Waals surface area contributed by atoms with E-state index in [-0.39, 0.29) is 41.1 Å². The van der Waals surface area contributed by atoms with E-state index < -0.39 is 5.82 Å². The third kappa shape index (κ3) is 6.17. The summed E-state index contributed by atoms with van der Waals surface area (Å²) in [6, 6.07) is 9.83. The molecule has 0 N–H and O–H groups in total. The summed E-state index contributed by atoms with van der Waals surface area (Å²) < 4.78 is 31.5. The maximum atomic E-state index is 14.2. The largest absolute Gasteiger partial charge is 0.492 e. The van der Waals surface area contributed by atoms with Gasteiger partial charge < -0.3 is 24.0 Å². The van der Waals surface area contributed by atoms with Gasteiger partial charge in [-0.05, 0) is 42.3 Å². The average molecular weight is 559 g/mol. The monoisotopic (exact) mass is 558 g/mol. The van der Waals surface area contributed by atoms with Crippen molar-refractivity contribution in [3.05, 3.63) is 58.4 Å². The number of rotatable bonds is 7. The Kier molecular flexibility index (Phi) is 7.80. The molecule has 0 unspecified atom stereocenters. The van der Waals surface area contributed by atoms with E-state index in [1.165, 1.54) is 30.9 Å². The molecule has 2 saturated heterocycles. The van der Waals surface area contributed by atoms with E-state index in [0.717, 1.165) is 49.7 Å². The third-order valence-electron chi connectivity index (χ3n) is 8.08. The molecule has 39 heavy (non-hydrogen) atoms. The van der Waals surface area contributed by atoms with Crippen molar-refractivity contribution in [3.63, 3.8) is 0 Å². The third-order valence-corrected chi connectivity index (χ3v) is 8.32. The molecular weight excluding hydrogens is 523 g/mol. The van der Waals surface area contributed by atoms with Gasteiger partial charge >= 0.3 is 5.97 Å². The first-order valence-electron chi connectivity index (χ1n) is 13.6. The number of halogens is 2. The van der Waals surface area contributed by atoms with E-state index >= 15 is 0 Å². The summed E-state index contributed by atoms with van der Waals surface area (Å²) in [5.41, 5.74) is 1.08. The van der Waals surface area contributed by atoms with Crippen LogP contribution < -0.4 is 9.47 Å². The van der Waals surface area contributed by atoms with Gasteiger partial charge in [-0.15, -0.1) is 0 Å². The Morgan fingerprint density at radius 3 is 2.67 bits per heavy atom. The highest BCUT2D eigenvalue weighted by atomic mass is 35.5. The Morgan fingerprint density at radius 2 is 1.92 bits per heavy atom. The van der Waals surface area contributed by atoms with Crippen LogP contribution in [0.4, 0.5) is 4.39 Å². The zero-order chi connectivity index (χ0) is 27.8. The van der Waals surface area contributed by atoms with Gasteiger partial charge in [0, 0.05) is 68.5 Å². The predicted octanol–water partition coefficient (Wildman–Crippen LogP) is 4.99. The van der Waals surface area contributed by atoms with Crippen LogP contribution in [0.5, 0.6) is 11.5 Å². The highest BCUT2D eigenvalue weighted by molar-refractivity contribution is 6.30. The minimum atomic E-state index is -0.464. The quantitative estimate of drug-likeness (QED) is 0.446. The van der Waals surface area contributed by atoms with Gasteiger partial charge in [-0.3, -0.25) is 9.59 Å². The maximum absolute atomic E-state index is 14.2. The molecule has 0 radical (unpaired) electrons. The van der Waals surface area contributed by atoms with Gasteiger partial charge in [0.2, 0.25) is 0 Å². The summed E-state index contributed by atoms with van der Waals surface area (Å²) in [7, 11) is 1.35. The van der Waals surface area contributed by atoms with Crippen molar-refractivity contribution in [2.24, 2.45) is 11.3 Å². The van der Waals surface area contributed by atoms with Crippen LogP contribution in [-0.4, -0.2) is 73.7 Å². The van der Waals surface area contributed by atoms with Crippen molar-refractivity contribution in [1.82, 2.24) is 9.80 Å². The van der Waals surface area contributed by atoms with Crippen LogP contribution in [-0.2, 0) is 16.0 Å². The normalized spacial score (nSPS) is 20.5. The van der Waals surface area contributed by atoms with E-state index in [2.05, 4.69) is 18.7 Å². The molecule has 1 amide bonds. The second kappa shape index (κ2) is 11.0. The van der Waals surface area contributed by atoms with Crippen molar-refractivity contribution in [2.45, 2.75) is 45.1 Å². The van der Waals surface area contributed by atoms with E-state index in [4.69, 9.17) is 25.8 Å². The van der Waals surface area contributed by atoms with Crippen LogP contribution in [0.3, 0.4) is 0 Å². The van der Waals surface area contributed by atoms with Crippen LogP contribution in [0.25, 0.3) is 0 Å². The van der Waals surface area contributed by atoms with Crippen LogP contribution in [0.2, 0.25) is 5.02 Å². The number of esters is 1. The molecule has 0 aliphatic carbocycles. The number of methoxy groups -OCH3 is 1. The van der Waals surface area contributed by atoms with Crippen LogP contribution >= 0.6 is 11.6 Å². The predicted molar refractivity (Wildman–Crippen MR) is 146 cm³/mol. The standard InChI is InChI=1S/C30H36ClFN2O5/c1-29(2,18-33-12-9-30(10-13-33)16-21-14-22(31)4-7-25(21)39-30)19-38-26-15-23(32)5-6-24(26)27(35)34-11-8-20(17-34)28(36)37-3/h4-7,14-15,20H,8-13,16-19H2,1-3H3/t20-/m0/s1. The lowest BCUT2D eigenvalue weighted by Gasteiger charge is -2.41. The number of piperidine rings is 1. The number of likely N-dealkylation sites (tertiary alicyclic amines) is 2. The summed E-state index contributed by atoms with van der Waals surface area (Å²) in [5.74, 6) is -0.227. The Labute approximate surface area is 234 Å². The van der Waals surface area contributed by atoms with E-state index in [1.54, 1.807) is 4.90 Å². The first-order chi connectivity index (χ1) is 18.6. The van der Waals surface area contributed by atoms with E-state index in [9.17, 15) is 14.0 Å². The van der Waals surface area contributed by atoms with Gasteiger partial charge in [0.25, 0.3) is 5.91 Å². The van der Waals surface area contributed by atoms with E-state index in [1.807, 2.05) is 18.2 Å². The molecule has 5 rings (SSSR count). The van der Waals surface area contributed by atoms with Gasteiger partial charge in [0.05, 0.1) is 25.2 Å². The molecule has 3 heterocycles. The summed E-state index contributed by atoms with van der Waals surface area (Å²) in [4.78, 5) is 29.2.